The number of aromatic nitrogens is 1. The number of pyridine rings is 1. The van der Waals surface area contributed by atoms with Crippen LogP contribution in [-0.2, 0) is 4.74 Å². The molecule has 1 aromatic heterocycles. The third kappa shape index (κ3) is 2.14. The smallest absolute Gasteiger partial charge is 0.214 e. The molecule has 1 aliphatic rings. The molecule has 0 aromatic carbocycles. The van der Waals surface area contributed by atoms with Gasteiger partial charge in [0.1, 0.15) is 0 Å². The summed E-state index contributed by atoms with van der Waals surface area (Å²) in [6.07, 6.45) is 2.79. The molecule has 1 fully saturated rings. The highest BCUT2D eigenvalue weighted by Crippen LogP contribution is 2.16. The first kappa shape index (κ1) is 9.27. The Hall–Kier alpha value is -1.29. The van der Waals surface area contributed by atoms with Gasteiger partial charge in [0.05, 0.1) is 19.8 Å². The molecule has 0 amide bonds. The van der Waals surface area contributed by atoms with Gasteiger partial charge in [-0.05, 0) is 12.5 Å². The molecule has 14 heavy (non-hydrogen) atoms. The maximum atomic E-state index is 5.28. The Morgan fingerprint density at radius 1 is 1.64 bits per heavy atom. The summed E-state index contributed by atoms with van der Waals surface area (Å²) >= 11 is 0. The molecule has 4 nitrogen and oxygen atoms in total. The van der Waals surface area contributed by atoms with Gasteiger partial charge in [-0.25, -0.2) is 4.98 Å². The van der Waals surface area contributed by atoms with Crippen molar-refractivity contribution >= 4 is 5.69 Å². The van der Waals surface area contributed by atoms with Crippen LogP contribution in [0.1, 0.15) is 6.42 Å². The number of hydrogen-bond acceptors (Lipinski definition) is 4. The third-order valence-electron chi connectivity index (χ3n) is 2.24. The van der Waals surface area contributed by atoms with Gasteiger partial charge in [-0.1, -0.05) is 0 Å². The second-order valence-corrected chi connectivity index (χ2v) is 3.29. The molecule has 2 heterocycles. The van der Waals surface area contributed by atoms with Gasteiger partial charge in [-0.2, -0.15) is 0 Å². The van der Waals surface area contributed by atoms with Gasteiger partial charge in [0, 0.05) is 24.6 Å². The first-order valence-electron chi connectivity index (χ1n) is 4.73. The second-order valence-electron chi connectivity index (χ2n) is 3.29. The fourth-order valence-corrected chi connectivity index (χ4v) is 1.49. The molecule has 2 rings (SSSR count). The number of nitrogens with one attached hydrogen (secondary N) is 1. The van der Waals surface area contributed by atoms with Crippen LogP contribution in [0.25, 0.3) is 0 Å². The first-order chi connectivity index (χ1) is 6.88. The normalized spacial score (nSPS) is 20.8. The quantitative estimate of drug-likeness (QED) is 0.787. The van der Waals surface area contributed by atoms with Crippen LogP contribution in [-0.4, -0.2) is 31.3 Å². The SMILES string of the molecule is COc1cc(NC2CCOC2)ccn1. The second kappa shape index (κ2) is 4.28. The number of nitrogens with zero attached hydrogens (tertiary/aromatic N) is 1. The van der Waals surface area contributed by atoms with Gasteiger partial charge in [0.2, 0.25) is 5.88 Å². The van der Waals surface area contributed by atoms with Crippen LogP contribution in [0.4, 0.5) is 5.69 Å². The van der Waals surface area contributed by atoms with Crippen molar-refractivity contribution in [2.24, 2.45) is 0 Å². The molecule has 1 saturated heterocycles. The summed E-state index contributed by atoms with van der Waals surface area (Å²) in [5.41, 5.74) is 1.03. The molecule has 1 N–H and O–H groups in total. The molecular weight excluding hydrogens is 180 g/mol. The minimum atomic E-state index is 0.419. The maximum Gasteiger partial charge on any atom is 0.214 e. The molecule has 76 valence electrons. The highest BCUT2D eigenvalue weighted by Gasteiger charge is 2.14. The van der Waals surface area contributed by atoms with E-state index in [2.05, 4.69) is 10.3 Å². The minimum Gasteiger partial charge on any atom is -0.481 e. The molecule has 4 heteroatoms. The van der Waals surface area contributed by atoms with Gasteiger partial charge in [0.25, 0.3) is 0 Å². The fraction of sp³-hybridized carbons (Fsp3) is 0.500. The Labute approximate surface area is 83.2 Å². The van der Waals surface area contributed by atoms with Crippen molar-refractivity contribution in [3.63, 3.8) is 0 Å². The summed E-state index contributed by atoms with van der Waals surface area (Å²) in [6.45, 7) is 1.63. The highest BCUT2D eigenvalue weighted by molar-refractivity contribution is 5.45. The average molecular weight is 194 g/mol. The predicted octanol–water partition coefficient (Wildman–Crippen LogP) is 1.29. The van der Waals surface area contributed by atoms with E-state index in [1.165, 1.54) is 0 Å². The zero-order valence-electron chi connectivity index (χ0n) is 8.19. The van der Waals surface area contributed by atoms with Crippen LogP contribution in [0.3, 0.4) is 0 Å². The molecule has 0 saturated carbocycles. The lowest BCUT2D eigenvalue weighted by atomic mass is 10.2. The van der Waals surface area contributed by atoms with E-state index < -0.39 is 0 Å². The van der Waals surface area contributed by atoms with Crippen LogP contribution >= 0.6 is 0 Å². The molecule has 1 aromatic rings. The van der Waals surface area contributed by atoms with Crippen molar-refractivity contribution in [1.29, 1.82) is 0 Å². The summed E-state index contributed by atoms with van der Waals surface area (Å²) in [6, 6.07) is 4.24. The lowest BCUT2D eigenvalue weighted by Crippen LogP contribution is -2.18. The monoisotopic (exact) mass is 194 g/mol. The van der Waals surface area contributed by atoms with Crippen LogP contribution in [0.5, 0.6) is 5.88 Å². The summed E-state index contributed by atoms with van der Waals surface area (Å²) in [7, 11) is 1.62. The summed E-state index contributed by atoms with van der Waals surface area (Å²) in [5.74, 6) is 0.633. The van der Waals surface area contributed by atoms with Crippen molar-refractivity contribution in [2.75, 3.05) is 25.6 Å². The summed E-state index contributed by atoms with van der Waals surface area (Å²) in [5, 5.41) is 3.37. The van der Waals surface area contributed by atoms with Crippen LogP contribution in [0.15, 0.2) is 18.3 Å². The lowest BCUT2D eigenvalue weighted by Gasteiger charge is -2.12. The van der Waals surface area contributed by atoms with Crippen LogP contribution in [0, 0.1) is 0 Å². The number of anilines is 1. The molecular formula is C10H14N2O2. The van der Waals surface area contributed by atoms with E-state index in [1.54, 1.807) is 13.3 Å². The van der Waals surface area contributed by atoms with E-state index in [9.17, 15) is 0 Å². The van der Waals surface area contributed by atoms with Crippen molar-refractivity contribution in [3.8, 4) is 5.88 Å². The standard InChI is InChI=1S/C10H14N2O2/c1-13-10-6-8(2-4-11-10)12-9-3-5-14-7-9/h2,4,6,9H,3,5,7H2,1H3,(H,11,12). The molecule has 0 radical (unpaired) electrons. The van der Waals surface area contributed by atoms with Gasteiger partial charge in [0.15, 0.2) is 0 Å². The maximum absolute atomic E-state index is 5.28. The van der Waals surface area contributed by atoms with E-state index in [-0.39, 0.29) is 0 Å². The van der Waals surface area contributed by atoms with Gasteiger partial charge in [-0.3, -0.25) is 0 Å². The van der Waals surface area contributed by atoms with Crippen LogP contribution in [0.2, 0.25) is 0 Å². The Bertz CT molecular complexity index is 298. The van der Waals surface area contributed by atoms with Gasteiger partial charge < -0.3 is 14.8 Å². The molecule has 1 atom stereocenters. The summed E-state index contributed by atoms with van der Waals surface area (Å²) in [4.78, 5) is 4.04. The molecule has 0 bridgehead atoms. The Balaban J connectivity index is 2.00. The van der Waals surface area contributed by atoms with E-state index in [0.29, 0.717) is 11.9 Å². The fourth-order valence-electron chi connectivity index (χ4n) is 1.49. The number of ether oxygens (including phenoxy) is 2. The topological polar surface area (TPSA) is 43.4 Å². The molecule has 1 unspecified atom stereocenters. The van der Waals surface area contributed by atoms with Crippen molar-refractivity contribution < 1.29 is 9.47 Å². The average Bonchev–Trinajstić information content (AvgIpc) is 2.71. The zero-order valence-corrected chi connectivity index (χ0v) is 8.19. The van der Waals surface area contributed by atoms with E-state index in [1.807, 2.05) is 12.1 Å². The Kier molecular flexibility index (Phi) is 2.84. The first-order valence-corrected chi connectivity index (χ1v) is 4.73. The number of hydrogen-bond donors (Lipinski definition) is 1. The van der Waals surface area contributed by atoms with Crippen molar-refractivity contribution in [3.05, 3.63) is 18.3 Å². The molecule has 1 aliphatic heterocycles. The zero-order chi connectivity index (χ0) is 9.80. The highest BCUT2D eigenvalue weighted by atomic mass is 16.5. The molecule has 0 aliphatic carbocycles. The van der Waals surface area contributed by atoms with Gasteiger partial charge >= 0.3 is 0 Å². The number of rotatable bonds is 3. The van der Waals surface area contributed by atoms with Crippen LogP contribution < -0.4 is 10.1 Å². The molecule has 0 spiro atoms. The van der Waals surface area contributed by atoms with E-state index in [4.69, 9.17) is 9.47 Å². The minimum absolute atomic E-state index is 0.419. The third-order valence-corrected chi connectivity index (χ3v) is 2.24. The predicted molar refractivity (Wildman–Crippen MR) is 53.6 cm³/mol. The van der Waals surface area contributed by atoms with Crippen molar-refractivity contribution in [1.82, 2.24) is 4.98 Å². The lowest BCUT2D eigenvalue weighted by molar-refractivity contribution is 0.195. The largest absolute Gasteiger partial charge is 0.481 e. The number of methoxy groups -OCH3 is 1. The van der Waals surface area contributed by atoms with Gasteiger partial charge in [-0.15, -0.1) is 0 Å². The van der Waals surface area contributed by atoms with E-state index >= 15 is 0 Å². The Morgan fingerprint density at radius 3 is 3.29 bits per heavy atom. The van der Waals surface area contributed by atoms with E-state index in [0.717, 1.165) is 25.3 Å². The Morgan fingerprint density at radius 2 is 2.57 bits per heavy atom. The summed E-state index contributed by atoms with van der Waals surface area (Å²) < 4.78 is 10.3. The van der Waals surface area contributed by atoms with Crippen molar-refractivity contribution in [2.45, 2.75) is 12.5 Å².